The van der Waals surface area contributed by atoms with Crippen LogP contribution in [0.15, 0.2) is 12.1 Å². The number of carbonyl (C=O) groups is 1. The Morgan fingerprint density at radius 2 is 1.93 bits per heavy atom. The highest BCUT2D eigenvalue weighted by Crippen LogP contribution is 2.31. The second kappa shape index (κ2) is 3.48. The molecular formula is C14H18O. The molecule has 1 nitrogen and oxygen atoms in total. The van der Waals surface area contributed by atoms with Crippen LogP contribution in [0.3, 0.4) is 0 Å². The van der Waals surface area contributed by atoms with E-state index < -0.39 is 0 Å². The lowest BCUT2D eigenvalue weighted by molar-refractivity contribution is 0.112. The van der Waals surface area contributed by atoms with Crippen molar-refractivity contribution in [2.24, 2.45) is 0 Å². The van der Waals surface area contributed by atoms with Crippen LogP contribution in [0.5, 0.6) is 0 Å². The van der Waals surface area contributed by atoms with Gasteiger partial charge in [0, 0.05) is 5.56 Å². The number of aryl methyl sites for hydroxylation is 1. The van der Waals surface area contributed by atoms with Crippen LogP contribution in [0, 0.1) is 0 Å². The molecular weight excluding hydrogens is 184 g/mol. The van der Waals surface area contributed by atoms with Crippen LogP contribution in [-0.2, 0) is 18.3 Å². The minimum Gasteiger partial charge on any atom is -0.298 e. The van der Waals surface area contributed by atoms with Crippen molar-refractivity contribution in [3.8, 4) is 0 Å². The number of carbonyl (C=O) groups excluding carboxylic acids is 1. The largest absolute Gasteiger partial charge is 0.298 e. The third-order valence-electron chi connectivity index (χ3n) is 3.24. The lowest BCUT2D eigenvalue weighted by Gasteiger charge is -2.21. The van der Waals surface area contributed by atoms with E-state index in [9.17, 15) is 4.79 Å². The molecule has 0 atom stereocenters. The van der Waals surface area contributed by atoms with E-state index in [1.54, 1.807) is 0 Å². The molecule has 0 amide bonds. The molecule has 0 unspecified atom stereocenters. The lowest BCUT2D eigenvalue weighted by Crippen LogP contribution is -2.12. The molecule has 0 heterocycles. The maximum atomic E-state index is 11.0. The first-order valence-corrected chi connectivity index (χ1v) is 5.64. The number of fused-ring (bicyclic) bond motifs is 1. The molecule has 1 aliphatic rings. The van der Waals surface area contributed by atoms with Crippen LogP contribution >= 0.6 is 0 Å². The molecule has 1 aliphatic carbocycles. The number of benzene rings is 1. The fourth-order valence-electron chi connectivity index (χ4n) is 2.28. The Morgan fingerprint density at radius 3 is 2.53 bits per heavy atom. The Bertz CT molecular complexity index is 397. The monoisotopic (exact) mass is 202 g/mol. The summed E-state index contributed by atoms with van der Waals surface area (Å²) in [6, 6.07) is 4.35. The molecule has 1 heteroatoms. The molecule has 0 saturated heterocycles. The molecule has 1 aromatic carbocycles. The Hall–Kier alpha value is -1.11. The van der Waals surface area contributed by atoms with Crippen LogP contribution in [0.2, 0.25) is 0 Å². The van der Waals surface area contributed by atoms with Crippen molar-refractivity contribution >= 4 is 6.29 Å². The van der Waals surface area contributed by atoms with Gasteiger partial charge in [-0.1, -0.05) is 26.8 Å². The highest BCUT2D eigenvalue weighted by molar-refractivity contribution is 5.79. The van der Waals surface area contributed by atoms with E-state index in [2.05, 4.69) is 32.9 Å². The van der Waals surface area contributed by atoms with E-state index in [1.807, 2.05) is 0 Å². The van der Waals surface area contributed by atoms with Gasteiger partial charge in [0.15, 0.2) is 0 Å². The van der Waals surface area contributed by atoms with Crippen molar-refractivity contribution in [1.29, 1.82) is 0 Å². The summed E-state index contributed by atoms with van der Waals surface area (Å²) in [5.74, 6) is 0. The molecule has 0 N–H and O–H groups in total. The summed E-state index contributed by atoms with van der Waals surface area (Å²) in [7, 11) is 0. The summed E-state index contributed by atoms with van der Waals surface area (Å²) in [6.07, 6.45) is 4.43. The summed E-state index contributed by atoms with van der Waals surface area (Å²) in [6.45, 7) is 6.58. The average Bonchev–Trinajstić information content (AvgIpc) is 2.62. The minimum absolute atomic E-state index is 0.134. The van der Waals surface area contributed by atoms with Crippen molar-refractivity contribution < 1.29 is 4.79 Å². The van der Waals surface area contributed by atoms with Crippen LogP contribution in [0.1, 0.15) is 54.2 Å². The van der Waals surface area contributed by atoms with Crippen LogP contribution < -0.4 is 0 Å². The lowest BCUT2D eigenvalue weighted by atomic mass is 9.84. The van der Waals surface area contributed by atoms with Crippen molar-refractivity contribution in [3.63, 3.8) is 0 Å². The number of hydrogen-bond donors (Lipinski definition) is 0. The zero-order valence-electron chi connectivity index (χ0n) is 9.76. The maximum Gasteiger partial charge on any atom is 0.150 e. The van der Waals surface area contributed by atoms with E-state index in [-0.39, 0.29) is 5.41 Å². The smallest absolute Gasteiger partial charge is 0.150 e. The Morgan fingerprint density at radius 1 is 1.20 bits per heavy atom. The van der Waals surface area contributed by atoms with E-state index in [4.69, 9.17) is 0 Å². The first kappa shape index (κ1) is 10.4. The van der Waals surface area contributed by atoms with Gasteiger partial charge in [-0.3, -0.25) is 4.79 Å². The van der Waals surface area contributed by atoms with Gasteiger partial charge in [0.1, 0.15) is 6.29 Å². The van der Waals surface area contributed by atoms with Gasteiger partial charge >= 0.3 is 0 Å². The zero-order valence-corrected chi connectivity index (χ0v) is 9.76. The first-order valence-electron chi connectivity index (χ1n) is 5.64. The quantitative estimate of drug-likeness (QED) is 0.639. The summed E-state index contributed by atoms with van der Waals surface area (Å²) < 4.78 is 0. The second-order valence-corrected chi connectivity index (χ2v) is 5.42. The second-order valence-electron chi connectivity index (χ2n) is 5.42. The first-order chi connectivity index (χ1) is 7.02. The fraction of sp³-hybridized carbons (Fsp3) is 0.500. The van der Waals surface area contributed by atoms with Crippen molar-refractivity contribution in [2.45, 2.75) is 45.4 Å². The molecule has 0 aromatic heterocycles. The highest BCUT2D eigenvalue weighted by Gasteiger charge is 2.20. The zero-order chi connectivity index (χ0) is 11.1. The summed E-state index contributed by atoms with van der Waals surface area (Å²) in [5, 5.41) is 0. The standard InChI is InChI=1S/C14H18O/c1-14(2,3)12-7-10-5-4-6-13(10)11(8-12)9-15/h7-9H,4-6H2,1-3H3. The molecule has 80 valence electrons. The Kier molecular flexibility index (Phi) is 2.41. The molecule has 0 fully saturated rings. The Labute approximate surface area is 91.5 Å². The van der Waals surface area contributed by atoms with Crippen molar-refractivity contribution in [3.05, 3.63) is 34.4 Å². The molecule has 15 heavy (non-hydrogen) atoms. The van der Waals surface area contributed by atoms with Crippen LogP contribution in [-0.4, -0.2) is 6.29 Å². The van der Waals surface area contributed by atoms with Gasteiger partial charge in [-0.25, -0.2) is 0 Å². The molecule has 0 aliphatic heterocycles. The summed E-state index contributed by atoms with van der Waals surface area (Å²) in [5.41, 5.74) is 5.01. The predicted molar refractivity (Wildman–Crippen MR) is 62.6 cm³/mol. The number of aldehydes is 1. The molecule has 0 radical (unpaired) electrons. The predicted octanol–water partition coefficient (Wildman–Crippen LogP) is 3.29. The minimum atomic E-state index is 0.134. The third-order valence-corrected chi connectivity index (χ3v) is 3.24. The van der Waals surface area contributed by atoms with Gasteiger partial charge in [0.05, 0.1) is 0 Å². The average molecular weight is 202 g/mol. The van der Waals surface area contributed by atoms with E-state index in [0.29, 0.717) is 0 Å². The topological polar surface area (TPSA) is 17.1 Å². The Balaban J connectivity index is 2.58. The number of rotatable bonds is 1. The highest BCUT2D eigenvalue weighted by atomic mass is 16.1. The molecule has 2 rings (SSSR count). The molecule has 1 aromatic rings. The molecule has 0 bridgehead atoms. The molecule has 0 saturated carbocycles. The van der Waals surface area contributed by atoms with Gasteiger partial charge < -0.3 is 0 Å². The van der Waals surface area contributed by atoms with Gasteiger partial charge in [0.25, 0.3) is 0 Å². The van der Waals surface area contributed by atoms with Crippen molar-refractivity contribution in [2.75, 3.05) is 0 Å². The van der Waals surface area contributed by atoms with Crippen molar-refractivity contribution in [1.82, 2.24) is 0 Å². The SMILES string of the molecule is CC(C)(C)c1cc(C=O)c2c(c1)CCC2. The van der Waals surface area contributed by atoms with Crippen LogP contribution in [0.4, 0.5) is 0 Å². The van der Waals surface area contributed by atoms with Gasteiger partial charge in [-0.2, -0.15) is 0 Å². The third kappa shape index (κ3) is 1.83. The van der Waals surface area contributed by atoms with E-state index in [1.165, 1.54) is 23.1 Å². The van der Waals surface area contributed by atoms with E-state index >= 15 is 0 Å². The molecule has 0 spiro atoms. The fourth-order valence-corrected chi connectivity index (χ4v) is 2.28. The van der Waals surface area contributed by atoms with Gasteiger partial charge in [-0.15, -0.1) is 0 Å². The van der Waals surface area contributed by atoms with Gasteiger partial charge in [0.2, 0.25) is 0 Å². The van der Waals surface area contributed by atoms with Gasteiger partial charge in [-0.05, 0) is 47.4 Å². The maximum absolute atomic E-state index is 11.0. The summed E-state index contributed by atoms with van der Waals surface area (Å²) >= 11 is 0. The van der Waals surface area contributed by atoms with Crippen LogP contribution in [0.25, 0.3) is 0 Å². The number of hydrogen-bond acceptors (Lipinski definition) is 1. The van der Waals surface area contributed by atoms with E-state index in [0.717, 1.165) is 24.7 Å². The normalized spacial score (nSPS) is 15.1. The summed E-state index contributed by atoms with van der Waals surface area (Å²) in [4.78, 5) is 11.0.